The maximum absolute atomic E-state index is 12.3. The Labute approximate surface area is 140 Å². The molecule has 0 saturated carbocycles. The zero-order valence-electron chi connectivity index (χ0n) is 12.8. The van der Waals surface area contributed by atoms with Crippen LogP contribution in [0.5, 0.6) is 0 Å². The Morgan fingerprint density at radius 2 is 1.91 bits per heavy atom. The summed E-state index contributed by atoms with van der Waals surface area (Å²) >= 11 is 5.87. The number of carbonyl (C=O) groups excluding carboxylic acids is 1. The second kappa shape index (κ2) is 7.42. The lowest BCUT2D eigenvalue weighted by Gasteiger charge is -2.14. The van der Waals surface area contributed by atoms with Gasteiger partial charge in [-0.05, 0) is 43.0 Å². The van der Waals surface area contributed by atoms with Gasteiger partial charge in [0.25, 0.3) is 5.91 Å². The zero-order chi connectivity index (χ0) is 16.1. The first-order valence-electron chi connectivity index (χ1n) is 7.83. The molecular formula is C17H19ClN4O. The fourth-order valence-electron chi connectivity index (χ4n) is 2.61. The fourth-order valence-corrected chi connectivity index (χ4v) is 2.74. The van der Waals surface area contributed by atoms with E-state index in [2.05, 4.69) is 15.3 Å². The van der Waals surface area contributed by atoms with Crippen molar-refractivity contribution in [2.75, 3.05) is 25.0 Å². The molecule has 1 aliphatic rings. The number of aromatic nitrogens is 2. The van der Waals surface area contributed by atoms with Crippen LogP contribution in [0.4, 0.5) is 5.95 Å². The van der Waals surface area contributed by atoms with Crippen LogP contribution in [0, 0.1) is 0 Å². The third-order valence-corrected chi connectivity index (χ3v) is 4.13. The minimum absolute atomic E-state index is 0.00866. The van der Waals surface area contributed by atoms with Crippen LogP contribution in [0.25, 0.3) is 0 Å². The molecule has 0 unspecified atom stereocenters. The second-order valence-electron chi connectivity index (χ2n) is 5.57. The SMILES string of the molecule is O=C(c1ccnc(NCCc2ccc(Cl)cc2)n1)N1CCCC1. The van der Waals surface area contributed by atoms with E-state index in [1.807, 2.05) is 29.2 Å². The average Bonchev–Trinajstić information content (AvgIpc) is 3.11. The normalized spacial score (nSPS) is 14.0. The Bertz CT molecular complexity index is 669. The third-order valence-electron chi connectivity index (χ3n) is 3.88. The Hall–Kier alpha value is -2.14. The molecular weight excluding hydrogens is 312 g/mol. The van der Waals surface area contributed by atoms with Crippen molar-refractivity contribution < 1.29 is 4.79 Å². The minimum atomic E-state index is -0.00866. The molecule has 0 bridgehead atoms. The summed E-state index contributed by atoms with van der Waals surface area (Å²) in [5.41, 5.74) is 1.64. The molecule has 1 N–H and O–H groups in total. The van der Waals surface area contributed by atoms with E-state index in [0.717, 1.165) is 37.4 Å². The highest BCUT2D eigenvalue weighted by atomic mass is 35.5. The van der Waals surface area contributed by atoms with Gasteiger partial charge in [-0.3, -0.25) is 4.79 Å². The quantitative estimate of drug-likeness (QED) is 0.915. The zero-order valence-corrected chi connectivity index (χ0v) is 13.6. The molecule has 0 spiro atoms. The van der Waals surface area contributed by atoms with Gasteiger partial charge in [-0.2, -0.15) is 0 Å². The fraction of sp³-hybridized carbons (Fsp3) is 0.353. The predicted octanol–water partition coefficient (Wildman–Crippen LogP) is 3.02. The maximum atomic E-state index is 12.3. The standard InChI is InChI=1S/C17H19ClN4O/c18-14-5-3-13(4-6-14)7-9-19-17-20-10-8-15(21-17)16(23)22-11-1-2-12-22/h3-6,8,10H,1-2,7,9,11-12H2,(H,19,20,21). The van der Waals surface area contributed by atoms with Gasteiger partial charge in [0.15, 0.2) is 0 Å². The van der Waals surface area contributed by atoms with Gasteiger partial charge in [-0.15, -0.1) is 0 Å². The topological polar surface area (TPSA) is 58.1 Å². The van der Waals surface area contributed by atoms with Crippen molar-refractivity contribution in [3.63, 3.8) is 0 Å². The summed E-state index contributed by atoms with van der Waals surface area (Å²) in [5.74, 6) is 0.481. The van der Waals surface area contributed by atoms with Gasteiger partial charge in [-0.1, -0.05) is 23.7 Å². The van der Waals surface area contributed by atoms with Gasteiger partial charge in [0.1, 0.15) is 5.69 Å². The summed E-state index contributed by atoms with van der Waals surface area (Å²) < 4.78 is 0. The van der Waals surface area contributed by atoms with E-state index in [-0.39, 0.29) is 5.91 Å². The van der Waals surface area contributed by atoms with Crippen LogP contribution in [0.15, 0.2) is 36.5 Å². The molecule has 1 fully saturated rings. The van der Waals surface area contributed by atoms with Crippen molar-refractivity contribution in [3.8, 4) is 0 Å². The largest absolute Gasteiger partial charge is 0.354 e. The molecule has 23 heavy (non-hydrogen) atoms. The van der Waals surface area contributed by atoms with Crippen LogP contribution >= 0.6 is 11.6 Å². The highest BCUT2D eigenvalue weighted by molar-refractivity contribution is 6.30. The van der Waals surface area contributed by atoms with Gasteiger partial charge in [0.05, 0.1) is 0 Å². The van der Waals surface area contributed by atoms with Gasteiger partial charge in [-0.25, -0.2) is 9.97 Å². The summed E-state index contributed by atoms with van der Waals surface area (Å²) in [6.45, 7) is 2.34. The first kappa shape index (κ1) is 15.7. The Kier molecular flexibility index (Phi) is 5.08. The highest BCUT2D eigenvalue weighted by Crippen LogP contribution is 2.13. The van der Waals surface area contributed by atoms with Gasteiger partial charge in [0, 0.05) is 30.9 Å². The van der Waals surface area contributed by atoms with Gasteiger partial charge >= 0.3 is 0 Å². The number of hydrogen-bond donors (Lipinski definition) is 1. The van der Waals surface area contributed by atoms with E-state index in [1.165, 1.54) is 5.56 Å². The van der Waals surface area contributed by atoms with E-state index >= 15 is 0 Å². The molecule has 1 aromatic carbocycles. The highest BCUT2D eigenvalue weighted by Gasteiger charge is 2.20. The molecule has 6 heteroatoms. The molecule has 5 nitrogen and oxygen atoms in total. The number of halogens is 1. The van der Waals surface area contributed by atoms with Crippen molar-refractivity contribution in [2.45, 2.75) is 19.3 Å². The van der Waals surface area contributed by atoms with E-state index in [9.17, 15) is 4.79 Å². The predicted molar refractivity (Wildman–Crippen MR) is 90.8 cm³/mol. The molecule has 1 saturated heterocycles. The number of nitrogens with one attached hydrogen (secondary N) is 1. The van der Waals surface area contributed by atoms with E-state index in [4.69, 9.17) is 11.6 Å². The number of rotatable bonds is 5. The monoisotopic (exact) mass is 330 g/mol. The van der Waals surface area contributed by atoms with Crippen molar-refractivity contribution in [1.29, 1.82) is 0 Å². The van der Waals surface area contributed by atoms with Gasteiger partial charge < -0.3 is 10.2 Å². The van der Waals surface area contributed by atoms with Crippen LogP contribution in [0.3, 0.4) is 0 Å². The van der Waals surface area contributed by atoms with Gasteiger partial charge in [0.2, 0.25) is 5.95 Å². The van der Waals surface area contributed by atoms with E-state index in [0.29, 0.717) is 18.2 Å². The summed E-state index contributed by atoms with van der Waals surface area (Å²) in [6.07, 6.45) is 4.61. The number of nitrogens with zero attached hydrogens (tertiary/aromatic N) is 3. The molecule has 1 aromatic heterocycles. The summed E-state index contributed by atoms with van der Waals surface area (Å²) in [5, 5.41) is 3.90. The third kappa shape index (κ3) is 4.20. The maximum Gasteiger partial charge on any atom is 0.272 e. The van der Waals surface area contributed by atoms with E-state index < -0.39 is 0 Å². The first-order chi connectivity index (χ1) is 11.2. The number of anilines is 1. The average molecular weight is 331 g/mol. The smallest absolute Gasteiger partial charge is 0.272 e. The minimum Gasteiger partial charge on any atom is -0.354 e. The number of amides is 1. The second-order valence-corrected chi connectivity index (χ2v) is 6.00. The molecule has 0 atom stereocenters. The lowest BCUT2D eigenvalue weighted by Crippen LogP contribution is -2.28. The Morgan fingerprint density at radius 3 is 2.65 bits per heavy atom. The molecule has 2 aromatic rings. The van der Waals surface area contributed by atoms with Crippen molar-refractivity contribution in [1.82, 2.24) is 14.9 Å². The number of likely N-dealkylation sites (tertiary alicyclic amines) is 1. The van der Waals surface area contributed by atoms with Crippen LogP contribution in [-0.2, 0) is 6.42 Å². The van der Waals surface area contributed by atoms with E-state index in [1.54, 1.807) is 12.3 Å². The summed E-state index contributed by atoms with van der Waals surface area (Å²) in [4.78, 5) is 22.7. The van der Waals surface area contributed by atoms with Crippen LogP contribution in [0.1, 0.15) is 28.9 Å². The van der Waals surface area contributed by atoms with Crippen LogP contribution in [-0.4, -0.2) is 40.4 Å². The molecule has 2 heterocycles. The lowest BCUT2D eigenvalue weighted by molar-refractivity contribution is 0.0787. The molecule has 1 amide bonds. The molecule has 3 rings (SSSR count). The number of carbonyl (C=O) groups is 1. The summed E-state index contributed by atoms with van der Waals surface area (Å²) in [7, 11) is 0. The molecule has 0 radical (unpaired) electrons. The van der Waals surface area contributed by atoms with Crippen LogP contribution < -0.4 is 5.32 Å². The number of hydrogen-bond acceptors (Lipinski definition) is 4. The van der Waals surface area contributed by atoms with Crippen molar-refractivity contribution in [2.24, 2.45) is 0 Å². The Balaban J connectivity index is 1.56. The first-order valence-corrected chi connectivity index (χ1v) is 8.21. The molecule has 1 aliphatic heterocycles. The molecule has 120 valence electrons. The Morgan fingerprint density at radius 1 is 1.17 bits per heavy atom. The van der Waals surface area contributed by atoms with Crippen LogP contribution in [0.2, 0.25) is 5.02 Å². The summed E-state index contributed by atoms with van der Waals surface area (Å²) in [6, 6.07) is 9.42. The van der Waals surface area contributed by atoms with Crippen molar-refractivity contribution in [3.05, 3.63) is 52.8 Å². The number of benzene rings is 1. The van der Waals surface area contributed by atoms with Crippen molar-refractivity contribution >= 4 is 23.5 Å². The lowest BCUT2D eigenvalue weighted by atomic mass is 10.1. The molecule has 0 aliphatic carbocycles.